The molecule has 8 heteroatoms. The molecule has 1 amide bonds. The molecular weight excluding hydrogens is 503 g/mol. The summed E-state index contributed by atoms with van der Waals surface area (Å²) < 4.78 is 41.7. The molecule has 2 N–H and O–H groups in total. The summed E-state index contributed by atoms with van der Waals surface area (Å²) in [5.41, 5.74) is 0.391. The molecule has 1 atom stereocenters. The molecule has 39 heavy (non-hydrogen) atoms. The van der Waals surface area contributed by atoms with Gasteiger partial charge < -0.3 is 15.0 Å². The first-order chi connectivity index (χ1) is 18.3. The molecule has 4 aromatic rings. The van der Waals surface area contributed by atoms with Gasteiger partial charge in [0.2, 0.25) is 0 Å². The first kappa shape index (κ1) is 28.1. The van der Waals surface area contributed by atoms with Crippen molar-refractivity contribution in [2.24, 2.45) is 0 Å². The molecule has 1 aromatic heterocycles. The average Bonchev–Trinajstić information content (AvgIpc) is 3.33. The fraction of sp³-hybridized carbons (Fsp3) is 0.290. The molecule has 204 valence electrons. The smallest absolute Gasteiger partial charge is 0.380 e. The Balaban J connectivity index is 1.64. The standard InChI is InChI=1S/C31H32F3N3O2/c1-29(2,3)36-28(38)23-9-11-24(12-10-23)30(39,25-13-15-26(16-14-25)31(32,33)34)18-17-27-19-35-21-37(27)20-22-7-5-4-6-8-22/h4-16,19,21,39H,17-18,20H2,1-3H3,(H,36,38). The minimum absolute atomic E-state index is 0.187. The number of amides is 1. The van der Waals surface area contributed by atoms with Crippen molar-refractivity contribution in [2.45, 2.75) is 57.5 Å². The van der Waals surface area contributed by atoms with E-state index in [4.69, 9.17) is 0 Å². The minimum atomic E-state index is -4.48. The molecular formula is C31H32F3N3O2. The lowest BCUT2D eigenvalue weighted by molar-refractivity contribution is -0.137. The van der Waals surface area contributed by atoms with Crippen LogP contribution in [0.5, 0.6) is 0 Å². The van der Waals surface area contributed by atoms with Crippen molar-refractivity contribution in [2.75, 3.05) is 0 Å². The summed E-state index contributed by atoms with van der Waals surface area (Å²) in [5, 5.41) is 14.9. The SMILES string of the molecule is CC(C)(C)NC(=O)c1ccc(C(O)(CCc2cncn2Cc2ccccc2)c2ccc(C(F)(F)F)cc2)cc1. The van der Waals surface area contributed by atoms with Crippen LogP contribution in [-0.2, 0) is 24.7 Å². The van der Waals surface area contributed by atoms with Crippen molar-refractivity contribution < 1.29 is 23.1 Å². The van der Waals surface area contributed by atoms with Gasteiger partial charge >= 0.3 is 6.18 Å². The molecule has 0 radical (unpaired) electrons. The maximum atomic E-state index is 13.2. The van der Waals surface area contributed by atoms with Crippen molar-refractivity contribution in [3.05, 3.63) is 125 Å². The number of aryl methyl sites for hydroxylation is 1. The lowest BCUT2D eigenvalue weighted by atomic mass is 9.81. The van der Waals surface area contributed by atoms with E-state index in [9.17, 15) is 23.1 Å². The van der Waals surface area contributed by atoms with Crippen molar-refractivity contribution in [3.8, 4) is 0 Å². The van der Waals surface area contributed by atoms with Crippen molar-refractivity contribution in [1.82, 2.24) is 14.9 Å². The third kappa shape index (κ3) is 6.95. The van der Waals surface area contributed by atoms with Crippen molar-refractivity contribution in [1.29, 1.82) is 0 Å². The highest BCUT2D eigenvalue weighted by Crippen LogP contribution is 2.37. The van der Waals surface area contributed by atoms with E-state index in [0.29, 0.717) is 29.7 Å². The second kappa shape index (κ2) is 11.1. The number of aromatic nitrogens is 2. The summed E-state index contributed by atoms with van der Waals surface area (Å²) >= 11 is 0. The number of nitrogens with one attached hydrogen (secondary N) is 1. The number of carbonyl (C=O) groups is 1. The molecule has 4 rings (SSSR count). The van der Waals surface area contributed by atoms with Gasteiger partial charge in [0.1, 0.15) is 5.60 Å². The Labute approximate surface area is 226 Å². The molecule has 0 spiro atoms. The largest absolute Gasteiger partial charge is 0.416 e. The number of aliphatic hydroxyl groups is 1. The molecule has 0 saturated carbocycles. The third-order valence-electron chi connectivity index (χ3n) is 6.54. The molecule has 0 aliphatic rings. The van der Waals surface area contributed by atoms with Crippen LogP contribution in [-0.4, -0.2) is 26.1 Å². The molecule has 1 heterocycles. The lowest BCUT2D eigenvalue weighted by Gasteiger charge is -2.30. The number of alkyl halides is 3. The monoisotopic (exact) mass is 535 g/mol. The van der Waals surface area contributed by atoms with E-state index in [1.807, 2.05) is 55.7 Å². The number of imidazole rings is 1. The first-order valence-corrected chi connectivity index (χ1v) is 12.7. The highest BCUT2D eigenvalue weighted by Gasteiger charge is 2.35. The highest BCUT2D eigenvalue weighted by molar-refractivity contribution is 5.94. The van der Waals surface area contributed by atoms with E-state index >= 15 is 0 Å². The molecule has 1 unspecified atom stereocenters. The summed E-state index contributed by atoms with van der Waals surface area (Å²) in [6.45, 7) is 6.24. The second-order valence-corrected chi connectivity index (χ2v) is 10.7. The van der Waals surface area contributed by atoms with Crippen LogP contribution in [0.2, 0.25) is 0 Å². The fourth-order valence-electron chi connectivity index (χ4n) is 4.49. The van der Waals surface area contributed by atoms with Crippen LogP contribution < -0.4 is 5.32 Å². The molecule has 3 aromatic carbocycles. The van der Waals surface area contributed by atoms with Gasteiger partial charge in [-0.1, -0.05) is 54.6 Å². The molecule has 5 nitrogen and oxygen atoms in total. The first-order valence-electron chi connectivity index (χ1n) is 12.7. The van der Waals surface area contributed by atoms with Crippen LogP contribution in [0.4, 0.5) is 13.2 Å². The molecule has 0 aliphatic carbocycles. The van der Waals surface area contributed by atoms with Gasteiger partial charge in [0.05, 0.1) is 11.9 Å². The Morgan fingerprint density at radius 1 is 0.872 bits per heavy atom. The Kier molecular flexibility index (Phi) is 7.97. The van der Waals surface area contributed by atoms with Gasteiger partial charge in [-0.3, -0.25) is 4.79 Å². The van der Waals surface area contributed by atoms with Gasteiger partial charge in [-0.15, -0.1) is 0 Å². The highest BCUT2D eigenvalue weighted by atomic mass is 19.4. The zero-order valence-corrected chi connectivity index (χ0v) is 22.2. The quantitative estimate of drug-likeness (QED) is 0.276. The predicted molar refractivity (Wildman–Crippen MR) is 144 cm³/mol. The van der Waals surface area contributed by atoms with Crippen LogP contribution in [0.25, 0.3) is 0 Å². The minimum Gasteiger partial charge on any atom is -0.380 e. The van der Waals surface area contributed by atoms with E-state index in [-0.39, 0.29) is 12.3 Å². The van der Waals surface area contributed by atoms with Gasteiger partial charge in [0.15, 0.2) is 0 Å². The van der Waals surface area contributed by atoms with Crippen LogP contribution in [0, 0.1) is 0 Å². The van der Waals surface area contributed by atoms with E-state index in [2.05, 4.69) is 10.3 Å². The summed E-state index contributed by atoms with van der Waals surface area (Å²) in [6.07, 6.45) is -0.427. The number of hydrogen-bond acceptors (Lipinski definition) is 3. The van der Waals surface area contributed by atoms with Gasteiger partial charge in [-0.2, -0.15) is 13.2 Å². The summed E-state index contributed by atoms with van der Waals surface area (Å²) in [4.78, 5) is 16.9. The van der Waals surface area contributed by atoms with Crippen LogP contribution in [0.1, 0.15) is 65.5 Å². The number of carbonyl (C=O) groups excluding carboxylic acids is 1. The normalized spacial score (nSPS) is 13.6. The Hall–Kier alpha value is -3.91. The Bertz CT molecular complexity index is 1390. The van der Waals surface area contributed by atoms with Gasteiger partial charge in [-0.25, -0.2) is 4.98 Å². The Morgan fingerprint density at radius 3 is 2.00 bits per heavy atom. The van der Waals surface area contributed by atoms with Crippen LogP contribution in [0.15, 0.2) is 91.4 Å². The van der Waals surface area contributed by atoms with E-state index in [0.717, 1.165) is 23.4 Å². The van der Waals surface area contributed by atoms with Gasteiger partial charge in [-0.05, 0) is 74.6 Å². The third-order valence-corrected chi connectivity index (χ3v) is 6.54. The topological polar surface area (TPSA) is 67.2 Å². The van der Waals surface area contributed by atoms with Gasteiger partial charge in [0, 0.05) is 29.5 Å². The van der Waals surface area contributed by atoms with Gasteiger partial charge in [0.25, 0.3) is 5.91 Å². The summed E-state index contributed by atoms with van der Waals surface area (Å²) in [7, 11) is 0. The van der Waals surface area contributed by atoms with Crippen LogP contribution >= 0.6 is 0 Å². The number of benzene rings is 3. The zero-order chi connectivity index (χ0) is 28.3. The van der Waals surface area contributed by atoms with E-state index in [1.54, 1.807) is 36.8 Å². The maximum absolute atomic E-state index is 13.2. The van der Waals surface area contributed by atoms with Crippen molar-refractivity contribution >= 4 is 5.91 Å². The maximum Gasteiger partial charge on any atom is 0.416 e. The molecule has 0 saturated heterocycles. The number of rotatable bonds is 8. The number of nitrogens with zero attached hydrogens (tertiary/aromatic N) is 2. The molecule has 0 fully saturated rings. The number of halogens is 3. The lowest BCUT2D eigenvalue weighted by Crippen LogP contribution is -2.40. The predicted octanol–water partition coefficient (Wildman–Crippen LogP) is 6.35. The van der Waals surface area contributed by atoms with Crippen molar-refractivity contribution in [3.63, 3.8) is 0 Å². The van der Waals surface area contributed by atoms with Crippen LogP contribution in [0.3, 0.4) is 0 Å². The summed E-state index contributed by atoms with van der Waals surface area (Å²) in [5.74, 6) is -0.253. The summed E-state index contributed by atoms with van der Waals surface area (Å²) in [6, 6.07) is 21.0. The average molecular weight is 536 g/mol. The molecule has 0 bridgehead atoms. The molecule has 0 aliphatic heterocycles. The second-order valence-electron chi connectivity index (χ2n) is 10.7. The number of hydrogen-bond donors (Lipinski definition) is 2. The van der Waals surface area contributed by atoms with E-state index < -0.39 is 22.9 Å². The fourth-order valence-corrected chi connectivity index (χ4v) is 4.49. The Morgan fingerprint density at radius 2 is 1.44 bits per heavy atom. The zero-order valence-electron chi connectivity index (χ0n) is 22.2. The van der Waals surface area contributed by atoms with E-state index in [1.165, 1.54) is 12.1 Å².